The Balaban J connectivity index is 1.31. The second-order valence-corrected chi connectivity index (χ2v) is 22.5. The Morgan fingerprint density at radius 2 is 1.00 bits per heavy atom. The standard InChI is InChI=1S/C60H63BN2/c1-38-30-54-56-55(31-38)63(51-28-24-45(58(5,6)7)34-48(51)41-20-18-40(19-21-41)39-16-14-13-15-17-39)53-33-43-37-60(11,12)36-42(43)32-49(53)61(56)50-35-46(59(8,9)10)25-29-52(50)62(54)47-26-22-44(23-27-47)57(2,3)4/h13-35H,36-37H2,1-12H3/i1D3. The van der Waals surface area contributed by atoms with Crippen molar-refractivity contribution >= 4 is 57.2 Å². The SMILES string of the molecule is [2H]C([2H])([2H])c1cc2c3c(c1)N(c1ccc(C(C)(C)C)cc1-c1ccc(-c4ccccc4)cc1)c1cc4c(cc1B3c1cc(C(C)(C)C)ccc1N2c1ccc(C(C)(C)C)cc1)CC(C)(C)C4. The van der Waals surface area contributed by atoms with Crippen LogP contribution >= 0.6 is 0 Å². The van der Waals surface area contributed by atoms with Crippen LogP contribution in [0.3, 0.4) is 0 Å². The fourth-order valence-corrected chi connectivity index (χ4v) is 10.6. The molecule has 0 amide bonds. The highest BCUT2D eigenvalue weighted by molar-refractivity contribution is 7.00. The van der Waals surface area contributed by atoms with E-state index in [1.54, 1.807) is 0 Å². The van der Waals surface area contributed by atoms with Gasteiger partial charge in [0.2, 0.25) is 0 Å². The van der Waals surface area contributed by atoms with Gasteiger partial charge in [-0.05, 0) is 156 Å². The van der Waals surface area contributed by atoms with E-state index >= 15 is 0 Å². The number of hydrogen-bond acceptors (Lipinski definition) is 2. The molecule has 1 aliphatic carbocycles. The van der Waals surface area contributed by atoms with Crippen LogP contribution in [0.5, 0.6) is 0 Å². The number of fused-ring (bicyclic) bond motifs is 5. The maximum atomic E-state index is 9.06. The van der Waals surface area contributed by atoms with Crippen LogP contribution in [-0.4, -0.2) is 6.71 Å². The molecule has 2 nitrogen and oxygen atoms in total. The maximum Gasteiger partial charge on any atom is 0.252 e. The fourth-order valence-electron chi connectivity index (χ4n) is 10.6. The van der Waals surface area contributed by atoms with Crippen LogP contribution in [0.2, 0.25) is 0 Å². The minimum absolute atomic E-state index is 0.0213. The molecule has 0 spiro atoms. The molecule has 0 aromatic heterocycles. The van der Waals surface area contributed by atoms with Crippen molar-refractivity contribution in [2.75, 3.05) is 9.80 Å². The Morgan fingerprint density at radius 3 is 1.62 bits per heavy atom. The monoisotopic (exact) mass is 826 g/mol. The summed E-state index contributed by atoms with van der Waals surface area (Å²) < 4.78 is 27.2. The second kappa shape index (κ2) is 14.4. The summed E-state index contributed by atoms with van der Waals surface area (Å²) in [5, 5.41) is 0. The normalized spacial score (nSPS) is 16.1. The van der Waals surface area contributed by atoms with Gasteiger partial charge >= 0.3 is 0 Å². The van der Waals surface area contributed by atoms with Gasteiger partial charge in [-0.1, -0.05) is 167 Å². The number of rotatable bonds is 4. The number of hydrogen-bond donors (Lipinski definition) is 0. The largest absolute Gasteiger partial charge is 0.311 e. The predicted octanol–water partition coefficient (Wildman–Crippen LogP) is 14.4. The van der Waals surface area contributed by atoms with Crippen LogP contribution in [0.1, 0.15) is 114 Å². The summed E-state index contributed by atoms with van der Waals surface area (Å²) in [5.74, 6) is 0. The molecule has 0 radical (unpaired) electrons. The molecule has 7 aromatic rings. The Hall–Kier alpha value is -5.80. The molecule has 63 heavy (non-hydrogen) atoms. The van der Waals surface area contributed by atoms with Gasteiger partial charge in [0.1, 0.15) is 0 Å². The average molecular weight is 826 g/mol. The molecule has 0 N–H and O–H groups in total. The van der Waals surface area contributed by atoms with Crippen molar-refractivity contribution in [3.63, 3.8) is 0 Å². The molecule has 0 atom stereocenters. The Bertz CT molecular complexity index is 3030. The Labute approximate surface area is 382 Å². The summed E-state index contributed by atoms with van der Waals surface area (Å²) in [7, 11) is 0. The van der Waals surface area contributed by atoms with Crippen molar-refractivity contribution in [2.45, 2.75) is 112 Å². The molecule has 0 saturated carbocycles. The molecule has 0 bridgehead atoms. The number of nitrogens with zero attached hydrogens (tertiary/aromatic N) is 2. The molecular weight excluding hydrogens is 759 g/mol. The van der Waals surface area contributed by atoms with Gasteiger partial charge in [-0.25, -0.2) is 0 Å². The van der Waals surface area contributed by atoms with Crippen LogP contribution in [0.4, 0.5) is 34.1 Å². The van der Waals surface area contributed by atoms with E-state index in [9.17, 15) is 0 Å². The first-order valence-corrected chi connectivity index (χ1v) is 23.0. The fraction of sp³-hybridized carbons (Fsp3) is 0.300. The molecule has 0 saturated heterocycles. The summed E-state index contributed by atoms with van der Waals surface area (Å²) in [6.45, 7) is 22.7. The smallest absolute Gasteiger partial charge is 0.252 e. The molecule has 3 aliphatic rings. The number of anilines is 6. The molecule has 0 unspecified atom stereocenters. The lowest BCUT2D eigenvalue weighted by atomic mass is 9.33. The topological polar surface area (TPSA) is 6.48 Å². The molecular formula is C60H63BN2. The van der Waals surface area contributed by atoms with Crippen molar-refractivity contribution < 1.29 is 4.11 Å². The molecule has 10 rings (SSSR count). The second-order valence-electron chi connectivity index (χ2n) is 22.5. The third kappa shape index (κ3) is 7.13. The zero-order valence-electron chi connectivity index (χ0n) is 42.2. The van der Waals surface area contributed by atoms with E-state index in [1.165, 1.54) is 49.9 Å². The molecule has 7 aromatic carbocycles. The Morgan fingerprint density at radius 1 is 0.476 bits per heavy atom. The van der Waals surface area contributed by atoms with Crippen LogP contribution in [0, 0.1) is 12.3 Å². The summed E-state index contributed by atoms with van der Waals surface area (Å²) in [5.41, 5.74) is 21.1. The summed E-state index contributed by atoms with van der Waals surface area (Å²) >= 11 is 0. The minimum Gasteiger partial charge on any atom is -0.311 e. The first-order valence-electron chi connectivity index (χ1n) is 24.5. The molecule has 0 fully saturated rings. The lowest BCUT2D eigenvalue weighted by Crippen LogP contribution is -2.61. The van der Waals surface area contributed by atoms with Crippen molar-refractivity contribution in [2.24, 2.45) is 5.41 Å². The third-order valence-electron chi connectivity index (χ3n) is 14.0. The van der Waals surface area contributed by atoms with Crippen LogP contribution in [-0.2, 0) is 29.1 Å². The quantitative estimate of drug-likeness (QED) is 0.163. The summed E-state index contributed by atoms with van der Waals surface area (Å²) in [4.78, 5) is 4.79. The number of benzene rings is 7. The van der Waals surface area contributed by atoms with Crippen LogP contribution in [0.15, 0.2) is 140 Å². The Kier molecular flexibility index (Phi) is 8.60. The lowest BCUT2D eigenvalue weighted by molar-refractivity contribution is 0.392. The maximum absolute atomic E-state index is 9.06. The van der Waals surface area contributed by atoms with Gasteiger partial charge in [0.25, 0.3) is 6.71 Å². The van der Waals surface area contributed by atoms with E-state index in [-0.39, 0.29) is 28.4 Å². The van der Waals surface area contributed by atoms with E-state index in [0.29, 0.717) is 5.56 Å². The van der Waals surface area contributed by atoms with Gasteiger partial charge in [-0.3, -0.25) is 0 Å². The number of aryl methyl sites for hydroxylation is 1. The first kappa shape index (κ1) is 37.7. The average Bonchev–Trinajstić information content (AvgIpc) is 3.57. The van der Waals surface area contributed by atoms with Gasteiger partial charge in [-0.15, -0.1) is 0 Å². The summed E-state index contributed by atoms with van der Waals surface area (Å²) in [6.07, 6.45) is 2.00. The molecule has 2 heterocycles. The highest BCUT2D eigenvalue weighted by atomic mass is 15.2. The molecule has 2 aliphatic heterocycles. The van der Waals surface area contributed by atoms with Gasteiger partial charge in [0.05, 0.1) is 5.69 Å². The predicted molar refractivity (Wildman–Crippen MR) is 273 cm³/mol. The highest BCUT2D eigenvalue weighted by Gasteiger charge is 2.45. The van der Waals surface area contributed by atoms with Crippen molar-refractivity contribution in [3.8, 4) is 22.3 Å². The van der Waals surface area contributed by atoms with Gasteiger partial charge in [0, 0.05) is 38.1 Å². The van der Waals surface area contributed by atoms with E-state index in [4.69, 9.17) is 4.11 Å². The van der Waals surface area contributed by atoms with Crippen LogP contribution in [0.25, 0.3) is 22.3 Å². The van der Waals surface area contributed by atoms with Crippen LogP contribution < -0.4 is 26.2 Å². The van der Waals surface area contributed by atoms with E-state index in [0.717, 1.165) is 63.6 Å². The van der Waals surface area contributed by atoms with Crippen molar-refractivity contribution in [1.82, 2.24) is 0 Å². The van der Waals surface area contributed by atoms with Gasteiger partial charge in [0.15, 0.2) is 0 Å². The molecule has 3 heteroatoms. The van der Waals surface area contributed by atoms with E-state index < -0.39 is 6.85 Å². The third-order valence-corrected chi connectivity index (χ3v) is 14.0. The zero-order valence-corrected chi connectivity index (χ0v) is 39.2. The zero-order chi connectivity index (χ0) is 46.9. The highest BCUT2D eigenvalue weighted by Crippen LogP contribution is 2.50. The lowest BCUT2D eigenvalue weighted by Gasteiger charge is -2.45. The molecule has 316 valence electrons. The van der Waals surface area contributed by atoms with E-state index in [2.05, 4.69) is 213 Å². The van der Waals surface area contributed by atoms with Gasteiger partial charge in [-0.2, -0.15) is 0 Å². The summed E-state index contributed by atoms with van der Waals surface area (Å²) in [6, 6.07) is 51.4. The first-order chi connectivity index (χ1) is 31.0. The van der Waals surface area contributed by atoms with E-state index in [1.807, 2.05) is 12.1 Å². The van der Waals surface area contributed by atoms with Crippen molar-refractivity contribution in [3.05, 3.63) is 173 Å². The minimum atomic E-state index is -2.36. The van der Waals surface area contributed by atoms with Gasteiger partial charge < -0.3 is 9.80 Å². The van der Waals surface area contributed by atoms with Crippen molar-refractivity contribution in [1.29, 1.82) is 0 Å².